The number of hydrogen-bond acceptors (Lipinski definition) is 6. The predicted octanol–water partition coefficient (Wildman–Crippen LogP) is 1.46. The number of aryl methyl sites for hydroxylation is 1. The Morgan fingerprint density at radius 3 is 2.77 bits per heavy atom. The fraction of sp³-hybridized carbons (Fsp3) is 0.600. The van der Waals surface area contributed by atoms with Gasteiger partial charge in [-0.3, -0.25) is 0 Å². The maximum absolute atomic E-state index is 5.45. The van der Waals surface area contributed by atoms with Crippen LogP contribution < -0.4 is 9.64 Å². The van der Waals surface area contributed by atoms with Crippen molar-refractivity contribution < 1.29 is 4.74 Å². The molecule has 0 aromatic carbocycles. The van der Waals surface area contributed by atoms with Gasteiger partial charge >= 0.3 is 0 Å². The number of piperidine rings is 1. The Bertz CT molecular complexity index is 606. The molecule has 0 bridgehead atoms. The molecule has 2 aromatic rings. The third-order valence-corrected chi connectivity index (χ3v) is 4.13. The highest BCUT2D eigenvalue weighted by atomic mass is 16.5. The van der Waals surface area contributed by atoms with E-state index in [1.54, 1.807) is 12.7 Å². The molecular weight excluding hydrogens is 280 g/mol. The van der Waals surface area contributed by atoms with Crippen LogP contribution in [0, 0.1) is 5.92 Å². The fourth-order valence-corrected chi connectivity index (χ4v) is 2.85. The van der Waals surface area contributed by atoms with E-state index >= 15 is 0 Å². The van der Waals surface area contributed by atoms with E-state index < -0.39 is 0 Å². The van der Waals surface area contributed by atoms with Gasteiger partial charge in [0.25, 0.3) is 0 Å². The Morgan fingerprint density at radius 1 is 1.27 bits per heavy atom. The molecule has 0 aliphatic carbocycles. The Hall–Kier alpha value is -2.18. The molecule has 1 aliphatic rings. The van der Waals surface area contributed by atoms with Crippen molar-refractivity contribution in [3.63, 3.8) is 0 Å². The molecule has 7 nitrogen and oxygen atoms in total. The summed E-state index contributed by atoms with van der Waals surface area (Å²) >= 11 is 0. The SMILES string of the molecule is CCOc1cc(N2CCC(Cc3nncn3C)CC2)ncn1. The zero-order valence-electron chi connectivity index (χ0n) is 13.1. The lowest BCUT2D eigenvalue weighted by atomic mass is 9.93. The van der Waals surface area contributed by atoms with Gasteiger partial charge in [-0.1, -0.05) is 0 Å². The Kier molecular flexibility index (Phi) is 4.50. The minimum atomic E-state index is 0.621. The van der Waals surface area contributed by atoms with Crippen molar-refractivity contribution >= 4 is 5.82 Å². The van der Waals surface area contributed by atoms with Crippen LogP contribution in [0.2, 0.25) is 0 Å². The second kappa shape index (κ2) is 6.72. The number of rotatable bonds is 5. The molecule has 3 rings (SSSR count). The van der Waals surface area contributed by atoms with E-state index in [4.69, 9.17) is 4.74 Å². The Labute approximate surface area is 130 Å². The quantitative estimate of drug-likeness (QED) is 0.833. The van der Waals surface area contributed by atoms with Crippen molar-refractivity contribution in [1.29, 1.82) is 0 Å². The molecule has 1 saturated heterocycles. The first-order valence-corrected chi connectivity index (χ1v) is 7.79. The van der Waals surface area contributed by atoms with Crippen molar-refractivity contribution in [3.8, 4) is 5.88 Å². The summed E-state index contributed by atoms with van der Waals surface area (Å²) < 4.78 is 7.45. The number of ether oxygens (including phenoxy) is 1. The average molecular weight is 302 g/mol. The molecule has 2 aromatic heterocycles. The number of aromatic nitrogens is 5. The van der Waals surface area contributed by atoms with E-state index in [0.717, 1.165) is 44.0 Å². The molecule has 3 heterocycles. The smallest absolute Gasteiger partial charge is 0.218 e. The number of anilines is 1. The van der Waals surface area contributed by atoms with E-state index in [1.807, 2.05) is 24.6 Å². The standard InChI is InChI=1S/C15H22N6O/c1-3-22-15-9-13(16-10-17-15)21-6-4-12(5-7-21)8-14-19-18-11-20(14)2/h9-12H,3-8H2,1-2H3. The van der Waals surface area contributed by atoms with Gasteiger partial charge in [0, 0.05) is 32.6 Å². The second-order valence-electron chi connectivity index (χ2n) is 5.64. The molecule has 0 unspecified atom stereocenters. The van der Waals surface area contributed by atoms with E-state index in [2.05, 4.69) is 25.1 Å². The molecule has 0 atom stereocenters. The van der Waals surface area contributed by atoms with Gasteiger partial charge in [0.15, 0.2) is 0 Å². The highest BCUT2D eigenvalue weighted by molar-refractivity contribution is 5.41. The lowest BCUT2D eigenvalue weighted by Gasteiger charge is -2.32. The number of hydrogen-bond donors (Lipinski definition) is 0. The summed E-state index contributed by atoms with van der Waals surface area (Å²) in [5.74, 6) is 3.33. The van der Waals surface area contributed by atoms with Crippen LogP contribution in [-0.2, 0) is 13.5 Å². The summed E-state index contributed by atoms with van der Waals surface area (Å²) in [5.41, 5.74) is 0. The van der Waals surface area contributed by atoms with Gasteiger partial charge in [0.2, 0.25) is 5.88 Å². The first-order chi connectivity index (χ1) is 10.8. The average Bonchev–Trinajstić information content (AvgIpc) is 2.94. The van der Waals surface area contributed by atoms with Crippen LogP contribution in [-0.4, -0.2) is 44.4 Å². The monoisotopic (exact) mass is 302 g/mol. The van der Waals surface area contributed by atoms with Gasteiger partial charge in [0.05, 0.1) is 6.61 Å². The molecule has 118 valence electrons. The van der Waals surface area contributed by atoms with Crippen molar-refractivity contribution in [3.05, 3.63) is 24.5 Å². The highest BCUT2D eigenvalue weighted by Crippen LogP contribution is 2.25. The summed E-state index contributed by atoms with van der Waals surface area (Å²) in [6.45, 7) is 4.59. The summed E-state index contributed by atoms with van der Waals surface area (Å²) in [6, 6.07) is 1.92. The largest absolute Gasteiger partial charge is 0.478 e. The maximum atomic E-state index is 5.45. The second-order valence-corrected chi connectivity index (χ2v) is 5.64. The molecule has 0 amide bonds. The van der Waals surface area contributed by atoms with Gasteiger partial charge in [-0.15, -0.1) is 10.2 Å². The highest BCUT2D eigenvalue weighted by Gasteiger charge is 2.22. The zero-order valence-corrected chi connectivity index (χ0v) is 13.1. The molecule has 0 saturated carbocycles. The number of nitrogens with zero attached hydrogens (tertiary/aromatic N) is 6. The zero-order chi connectivity index (χ0) is 15.4. The van der Waals surface area contributed by atoms with Crippen molar-refractivity contribution in [1.82, 2.24) is 24.7 Å². The van der Waals surface area contributed by atoms with Crippen LogP contribution in [0.5, 0.6) is 5.88 Å². The van der Waals surface area contributed by atoms with Crippen LogP contribution in [0.4, 0.5) is 5.82 Å². The molecule has 1 aliphatic heterocycles. The minimum absolute atomic E-state index is 0.621. The Morgan fingerprint density at radius 2 is 2.09 bits per heavy atom. The van der Waals surface area contributed by atoms with Gasteiger partial charge in [-0.05, 0) is 25.7 Å². The van der Waals surface area contributed by atoms with E-state index in [0.29, 0.717) is 18.4 Å². The topological polar surface area (TPSA) is 69.0 Å². The third-order valence-electron chi connectivity index (χ3n) is 4.13. The lowest BCUT2D eigenvalue weighted by molar-refractivity contribution is 0.325. The first kappa shape index (κ1) is 14.7. The van der Waals surface area contributed by atoms with Crippen LogP contribution in [0.3, 0.4) is 0 Å². The van der Waals surface area contributed by atoms with Crippen molar-refractivity contribution in [2.24, 2.45) is 13.0 Å². The molecule has 0 N–H and O–H groups in total. The van der Waals surface area contributed by atoms with E-state index in [9.17, 15) is 0 Å². The lowest BCUT2D eigenvalue weighted by Crippen LogP contribution is -2.35. The summed E-state index contributed by atoms with van der Waals surface area (Å²) in [5, 5.41) is 8.13. The fourth-order valence-electron chi connectivity index (χ4n) is 2.85. The summed E-state index contributed by atoms with van der Waals surface area (Å²) in [6.07, 6.45) is 6.62. The van der Waals surface area contributed by atoms with Crippen molar-refractivity contribution in [2.45, 2.75) is 26.2 Å². The normalized spacial score (nSPS) is 16.0. The predicted molar refractivity (Wildman–Crippen MR) is 82.8 cm³/mol. The van der Waals surface area contributed by atoms with E-state index in [1.165, 1.54) is 0 Å². The van der Waals surface area contributed by atoms with Crippen LogP contribution in [0.25, 0.3) is 0 Å². The van der Waals surface area contributed by atoms with Gasteiger partial charge in [-0.2, -0.15) is 0 Å². The molecule has 7 heteroatoms. The van der Waals surface area contributed by atoms with Gasteiger partial charge in [-0.25, -0.2) is 9.97 Å². The molecule has 0 radical (unpaired) electrons. The molecule has 22 heavy (non-hydrogen) atoms. The third kappa shape index (κ3) is 3.35. The Balaban J connectivity index is 1.57. The summed E-state index contributed by atoms with van der Waals surface area (Å²) in [7, 11) is 2.00. The maximum Gasteiger partial charge on any atom is 0.218 e. The van der Waals surface area contributed by atoms with Crippen LogP contribution in [0.15, 0.2) is 18.7 Å². The minimum Gasteiger partial charge on any atom is -0.478 e. The molecule has 0 spiro atoms. The van der Waals surface area contributed by atoms with Gasteiger partial charge in [0.1, 0.15) is 24.3 Å². The van der Waals surface area contributed by atoms with E-state index in [-0.39, 0.29) is 0 Å². The summed E-state index contributed by atoms with van der Waals surface area (Å²) in [4.78, 5) is 10.8. The molecular formula is C15H22N6O. The van der Waals surface area contributed by atoms with Crippen molar-refractivity contribution in [2.75, 3.05) is 24.6 Å². The first-order valence-electron chi connectivity index (χ1n) is 7.79. The van der Waals surface area contributed by atoms with Crippen LogP contribution in [0.1, 0.15) is 25.6 Å². The van der Waals surface area contributed by atoms with Gasteiger partial charge < -0.3 is 14.2 Å². The van der Waals surface area contributed by atoms with Crippen LogP contribution >= 0.6 is 0 Å². The molecule has 1 fully saturated rings.